The summed E-state index contributed by atoms with van der Waals surface area (Å²) >= 11 is 1.24. The fourth-order valence-electron chi connectivity index (χ4n) is 4.06. The maximum absolute atomic E-state index is 12.6. The number of nitrogens with two attached hydrogens (primary N) is 1. The summed E-state index contributed by atoms with van der Waals surface area (Å²) in [6.45, 7) is 2.01. The van der Waals surface area contributed by atoms with Crippen molar-refractivity contribution in [2.75, 3.05) is 25.8 Å². The van der Waals surface area contributed by atoms with Crippen LogP contribution in [0.2, 0.25) is 0 Å². The van der Waals surface area contributed by atoms with Gasteiger partial charge in [0, 0.05) is 6.07 Å². The number of benzene rings is 2. The monoisotopic (exact) mass is 467 g/mol. The first-order chi connectivity index (χ1) is 16.0. The number of ether oxygens (including phenoxy) is 2. The molecule has 0 spiro atoms. The molecule has 0 aliphatic heterocycles. The van der Waals surface area contributed by atoms with Crippen molar-refractivity contribution in [3.05, 3.63) is 53.1 Å². The summed E-state index contributed by atoms with van der Waals surface area (Å²) in [5, 5.41) is 11.9. The van der Waals surface area contributed by atoms with Crippen LogP contribution in [0.5, 0.6) is 11.5 Å². The second-order valence-corrected chi connectivity index (χ2v) is 9.00. The van der Waals surface area contributed by atoms with Gasteiger partial charge in [0.05, 0.1) is 31.6 Å². The molecule has 2 aromatic carbocycles. The van der Waals surface area contributed by atoms with Gasteiger partial charge in [0.2, 0.25) is 11.1 Å². The van der Waals surface area contributed by atoms with E-state index in [0.29, 0.717) is 28.0 Å². The lowest BCUT2D eigenvalue weighted by atomic mass is 9.89. The number of nitrogens with zero attached hydrogens (tertiary/aromatic N) is 3. The van der Waals surface area contributed by atoms with Crippen LogP contribution in [0.25, 0.3) is 11.4 Å². The van der Waals surface area contributed by atoms with Crippen LogP contribution in [-0.2, 0) is 17.6 Å². The van der Waals surface area contributed by atoms with Crippen molar-refractivity contribution in [2.24, 2.45) is 0 Å². The summed E-state index contributed by atoms with van der Waals surface area (Å²) < 4.78 is 12.0. The van der Waals surface area contributed by atoms with Crippen LogP contribution >= 0.6 is 11.8 Å². The van der Waals surface area contributed by atoms with Gasteiger partial charge in [-0.3, -0.25) is 4.79 Å². The minimum absolute atomic E-state index is 0.0693. The maximum Gasteiger partial charge on any atom is 0.230 e. The molecule has 1 atom stereocenters. The van der Waals surface area contributed by atoms with Crippen molar-refractivity contribution < 1.29 is 14.3 Å². The number of fused-ring (bicyclic) bond motifs is 1. The Labute approximate surface area is 197 Å². The average Bonchev–Trinajstić information content (AvgIpc) is 3.21. The molecule has 8 nitrogen and oxygen atoms in total. The van der Waals surface area contributed by atoms with Crippen molar-refractivity contribution in [3.63, 3.8) is 0 Å². The molecule has 174 valence electrons. The third kappa shape index (κ3) is 5.08. The number of aryl methyl sites for hydroxylation is 2. The Morgan fingerprint density at radius 2 is 1.91 bits per heavy atom. The summed E-state index contributed by atoms with van der Waals surface area (Å²) in [7, 11) is 3.16. The number of rotatable bonds is 8. The van der Waals surface area contributed by atoms with E-state index in [9.17, 15) is 4.79 Å². The first kappa shape index (κ1) is 23.0. The van der Waals surface area contributed by atoms with E-state index >= 15 is 0 Å². The molecule has 0 bridgehead atoms. The van der Waals surface area contributed by atoms with Gasteiger partial charge in [0.25, 0.3) is 0 Å². The van der Waals surface area contributed by atoms with Gasteiger partial charge >= 0.3 is 0 Å². The molecule has 4 rings (SSSR count). The largest absolute Gasteiger partial charge is 0.497 e. The molecule has 0 radical (unpaired) electrons. The molecular formula is C24H29N5O3S. The number of carbonyl (C=O) groups is 1. The third-order valence-corrected chi connectivity index (χ3v) is 6.84. The molecule has 0 saturated carbocycles. The Bertz CT molecular complexity index is 1150. The number of amides is 1. The van der Waals surface area contributed by atoms with Gasteiger partial charge in [-0.1, -0.05) is 30.0 Å². The van der Waals surface area contributed by atoms with Gasteiger partial charge < -0.3 is 20.6 Å². The number of aromatic nitrogens is 3. The van der Waals surface area contributed by atoms with Crippen molar-refractivity contribution in [3.8, 4) is 22.9 Å². The molecule has 1 aromatic heterocycles. The number of nitrogen functional groups attached to an aromatic ring is 1. The third-order valence-electron chi connectivity index (χ3n) is 5.90. The highest BCUT2D eigenvalue weighted by Crippen LogP contribution is 2.33. The number of carbonyl (C=O) groups excluding carboxylic acids is 1. The first-order valence-corrected chi connectivity index (χ1v) is 12.0. The summed E-state index contributed by atoms with van der Waals surface area (Å²) in [5.41, 5.74) is 4.66. The van der Waals surface area contributed by atoms with E-state index in [1.165, 1.54) is 40.4 Å². The standard InChI is InChI=1S/C24H29N5O3S/c1-15(17-9-8-16-6-4-5-7-18(16)12-17)26-22(30)14-33-24-28-27-23(29(24)25)20-11-10-19(31-2)13-21(20)32-3/h8-13,15H,4-7,14,25H2,1-3H3,(H,26,30)/t15-/m0/s1. The maximum atomic E-state index is 12.6. The highest BCUT2D eigenvalue weighted by Gasteiger charge is 2.19. The lowest BCUT2D eigenvalue weighted by molar-refractivity contribution is -0.119. The van der Waals surface area contributed by atoms with Gasteiger partial charge in [-0.05, 0) is 61.4 Å². The van der Waals surface area contributed by atoms with Gasteiger partial charge in [0.15, 0.2) is 5.82 Å². The first-order valence-electron chi connectivity index (χ1n) is 11.0. The Hall–Kier alpha value is -3.20. The van der Waals surface area contributed by atoms with Crippen LogP contribution in [0, 0.1) is 0 Å². The van der Waals surface area contributed by atoms with E-state index < -0.39 is 0 Å². The van der Waals surface area contributed by atoms with Crippen molar-refractivity contribution >= 4 is 17.7 Å². The summed E-state index contributed by atoms with van der Waals surface area (Å²) in [4.78, 5) is 12.6. The molecule has 1 aliphatic rings. The van der Waals surface area contributed by atoms with Gasteiger partial charge in [-0.2, -0.15) is 0 Å². The number of methoxy groups -OCH3 is 2. The molecule has 0 saturated heterocycles. The number of thioether (sulfide) groups is 1. The average molecular weight is 468 g/mol. The van der Waals surface area contributed by atoms with Crippen LogP contribution < -0.4 is 20.6 Å². The Morgan fingerprint density at radius 1 is 1.12 bits per heavy atom. The highest BCUT2D eigenvalue weighted by molar-refractivity contribution is 7.99. The fourth-order valence-corrected chi connectivity index (χ4v) is 4.73. The van der Waals surface area contributed by atoms with Crippen molar-refractivity contribution in [2.45, 2.75) is 43.8 Å². The van der Waals surface area contributed by atoms with E-state index in [1.807, 2.05) is 13.0 Å². The van der Waals surface area contributed by atoms with Crippen LogP contribution in [0.3, 0.4) is 0 Å². The smallest absolute Gasteiger partial charge is 0.230 e. The molecule has 1 amide bonds. The highest BCUT2D eigenvalue weighted by atomic mass is 32.2. The molecular weight excluding hydrogens is 438 g/mol. The zero-order valence-corrected chi connectivity index (χ0v) is 19.9. The van der Waals surface area contributed by atoms with Crippen LogP contribution in [0.15, 0.2) is 41.6 Å². The zero-order chi connectivity index (χ0) is 23.4. The van der Waals surface area contributed by atoms with E-state index in [4.69, 9.17) is 15.3 Å². The van der Waals surface area contributed by atoms with Gasteiger partial charge in [-0.15, -0.1) is 10.2 Å². The predicted octanol–water partition coefficient (Wildman–Crippen LogP) is 3.52. The fraction of sp³-hybridized carbons (Fsp3) is 0.375. The van der Waals surface area contributed by atoms with Crippen molar-refractivity contribution in [1.82, 2.24) is 20.2 Å². The Morgan fingerprint density at radius 3 is 2.67 bits per heavy atom. The molecule has 1 aliphatic carbocycles. The quantitative estimate of drug-likeness (QED) is 0.386. The Balaban J connectivity index is 1.39. The second kappa shape index (κ2) is 10.2. The molecule has 33 heavy (non-hydrogen) atoms. The minimum atomic E-state index is -0.0863. The molecule has 0 unspecified atom stereocenters. The van der Waals surface area contributed by atoms with Gasteiger partial charge in [0.1, 0.15) is 11.5 Å². The molecule has 3 aromatic rings. The molecule has 0 fully saturated rings. The lowest BCUT2D eigenvalue weighted by Crippen LogP contribution is -2.28. The summed E-state index contributed by atoms with van der Waals surface area (Å²) in [6.07, 6.45) is 4.76. The normalized spacial score (nSPS) is 13.8. The SMILES string of the molecule is COc1ccc(-c2nnc(SCC(=O)N[C@@H](C)c3ccc4c(c3)CCCC4)n2N)c(OC)c1. The predicted molar refractivity (Wildman–Crippen MR) is 129 cm³/mol. The Kier molecular flexibility index (Phi) is 7.08. The van der Waals surface area contributed by atoms with Crippen LogP contribution in [-0.4, -0.2) is 40.8 Å². The molecule has 3 N–H and O–H groups in total. The van der Waals surface area contributed by atoms with Crippen LogP contribution in [0.1, 0.15) is 42.5 Å². The van der Waals surface area contributed by atoms with Crippen molar-refractivity contribution in [1.29, 1.82) is 0 Å². The molecule has 9 heteroatoms. The minimum Gasteiger partial charge on any atom is -0.497 e. The van der Waals surface area contributed by atoms with Crippen LogP contribution in [0.4, 0.5) is 0 Å². The topological polar surface area (TPSA) is 104 Å². The number of hydrogen-bond donors (Lipinski definition) is 2. The molecule has 1 heterocycles. The second-order valence-electron chi connectivity index (χ2n) is 8.06. The summed E-state index contributed by atoms with van der Waals surface area (Å²) in [6, 6.07) is 11.9. The number of nitrogens with one attached hydrogen (secondary N) is 1. The van der Waals surface area contributed by atoms with E-state index in [0.717, 1.165) is 18.4 Å². The summed E-state index contributed by atoms with van der Waals surface area (Å²) in [5.74, 6) is 8.00. The van der Waals surface area contributed by atoms with E-state index in [-0.39, 0.29) is 17.7 Å². The van der Waals surface area contributed by atoms with Gasteiger partial charge in [-0.25, -0.2) is 4.68 Å². The van der Waals surface area contributed by atoms with E-state index in [1.54, 1.807) is 26.4 Å². The lowest BCUT2D eigenvalue weighted by Gasteiger charge is -2.20. The zero-order valence-electron chi connectivity index (χ0n) is 19.1. The number of hydrogen-bond acceptors (Lipinski definition) is 7. The van der Waals surface area contributed by atoms with E-state index in [2.05, 4.69) is 33.7 Å².